The highest BCUT2D eigenvalue weighted by molar-refractivity contribution is 6.29. The molecular weight excluding hydrogens is 184 g/mol. The van der Waals surface area contributed by atoms with Crippen LogP contribution in [0.15, 0.2) is 18.3 Å². The van der Waals surface area contributed by atoms with Gasteiger partial charge < -0.3 is 5.73 Å². The first-order chi connectivity index (χ1) is 6.24. The fraction of sp³-hybridized carbons (Fsp3) is 0.500. The molecule has 2 rings (SSSR count). The smallest absolute Gasteiger partial charge is 0.129 e. The molecule has 0 radical (unpaired) electrons. The van der Waals surface area contributed by atoms with Crippen LogP contribution in [0.4, 0.5) is 0 Å². The van der Waals surface area contributed by atoms with Crippen LogP contribution in [0.25, 0.3) is 0 Å². The van der Waals surface area contributed by atoms with Gasteiger partial charge in [-0.05, 0) is 42.9 Å². The molecule has 0 spiro atoms. The second-order valence-electron chi connectivity index (χ2n) is 3.87. The topological polar surface area (TPSA) is 38.9 Å². The largest absolute Gasteiger partial charge is 0.330 e. The van der Waals surface area contributed by atoms with Gasteiger partial charge in [0.05, 0.1) is 0 Å². The van der Waals surface area contributed by atoms with Crippen molar-refractivity contribution in [3.05, 3.63) is 29.0 Å². The normalized spacial score (nSPS) is 18.6. The van der Waals surface area contributed by atoms with Gasteiger partial charge in [0.2, 0.25) is 0 Å². The molecule has 1 aliphatic carbocycles. The van der Waals surface area contributed by atoms with Crippen LogP contribution < -0.4 is 5.73 Å². The van der Waals surface area contributed by atoms with E-state index in [9.17, 15) is 0 Å². The fourth-order valence-corrected chi connectivity index (χ4v) is 1.69. The second-order valence-corrected chi connectivity index (χ2v) is 4.26. The maximum atomic E-state index is 5.70. The van der Waals surface area contributed by atoms with Crippen LogP contribution in [0.3, 0.4) is 0 Å². The highest BCUT2D eigenvalue weighted by Gasteiger charge is 2.40. The van der Waals surface area contributed by atoms with Crippen molar-refractivity contribution in [1.82, 2.24) is 4.98 Å². The van der Waals surface area contributed by atoms with E-state index in [2.05, 4.69) is 4.98 Å². The SMILES string of the molecule is NCC1(Cc2ccc(Cl)nc2)CC1. The number of aromatic nitrogens is 1. The summed E-state index contributed by atoms with van der Waals surface area (Å²) in [5, 5.41) is 0.557. The van der Waals surface area contributed by atoms with Gasteiger partial charge in [-0.3, -0.25) is 0 Å². The van der Waals surface area contributed by atoms with Crippen LogP contribution in [0.1, 0.15) is 18.4 Å². The van der Waals surface area contributed by atoms with Gasteiger partial charge in [-0.15, -0.1) is 0 Å². The summed E-state index contributed by atoms with van der Waals surface area (Å²) in [6, 6.07) is 3.87. The molecule has 0 saturated heterocycles. The number of nitrogens with two attached hydrogens (primary N) is 1. The minimum atomic E-state index is 0.384. The molecular formula is C10H13ClN2. The average molecular weight is 197 g/mol. The molecule has 70 valence electrons. The first kappa shape index (κ1) is 8.97. The van der Waals surface area contributed by atoms with Crippen LogP contribution in [-0.2, 0) is 6.42 Å². The molecule has 0 amide bonds. The van der Waals surface area contributed by atoms with E-state index in [1.54, 1.807) is 0 Å². The molecule has 0 aromatic carbocycles. The Labute approximate surface area is 83.1 Å². The lowest BCUT2D eigenvalue weighted by atomic mass is 9.98. The molecule has 1 saturated carbocycles. The van der Waals surface area contributed by atoms with Crippen LogP contribution in [0.5, 0.6) is 0 Å². The van der Waals surface area contributed by atoms with E-state index in [1.807, 2.05) is 18.3 Å². The lowest BCUT2D eigenvalue weighted by Gasteiger charge is -2.11. The third-order valence-electron chi connectivity index (χ3n) is 2.76. The molecule has 2 nitrogen and oxygen atoms in total. The summed E-state index contributed by atoms with van der Waals surface area (Å²) in [6.45, 7) is 0.787. The fourth-order valence-electron chi connectivity index (χ4n) is 1.57. The van der Waals surface area contributed by atoms with Gasteiger partial charge in [-0.2, -0.15) is 0 Å². The van der Waals surface area contributed by atoms with Crippen molar-refractivity contribution >= 4 is 11.6 Å². The van der Waals surface area contributed by atoms with Gasteiger partial charge in [-0.1, -0.05) is 17.7 Å². The summed E-state index contributed by atoms with van der Waals surface area (Å²) in [7, 11) is 0. The summed E-state index contributed by atoms with van der Waals surface area (Å²) in [5.74, 6) is 0. The monoisotopic (exact) mass is 196 g/mol. The van der Waals surface area contributed by atoms with Crippen LogP contribution in [0, 0.1) is 5.41 Å². The zero-order valence-corrected chi connectivity index (χ0v) is 8.22. The van der Waals surface area contributed by atoms with Gasteiger partial charge >= 0.3 is 0 Å². The number of hydrogen-bond donors (Lipinski definition) is 1. The quantitative estimate of drug-likeness (QED) is 0.752. The Morgan fingerprint density at radius 2 is 2.23 bits per heavy atom. The van der Waals surface area contributed by atoms with Gasteiger partial charge in [-0.25, -0.2) is 4.98 Å². The number of halogens is 1. The summed E-state index contributed by atoms with van der Waals surface area (Å²) < 4.78 is 0. The lowest BCUT2D eigenvalue weighted by Crippen LogP contribution is -2.17. The molecule has 0 atom stereocenters. The van der Waals surface area contributed by atoms with Gasteiger partial charge in [0.25, 0.3) is 0 Å². The Balaban J connectivity index is 2.06. The predicted molar refractivity (Wildman–Crippen MR) is 53.7 cm³/mol. The van der Waals surface area contributed by atoms with E-state index in [0.717, 1.165) is 13.0 Å². The number of pyridine rings is 1. The first-order valence-corrected chi connectivity index (χ1v) is 4.92. The molecule has 2 N–H and O–H groups in total. The summed E-state index contributed by atoms with van der Waals surface area (Å²) in [4.78, 5) is 4.05. The van der Waals surface area contributed by atoms with E-state index >= 15 is 0 Å². The molecule has 1 fully saturated rings. The molecule has 1 heterocycles. The molecule has 1 aromatic heterocycles. The van der Waals surface area contributed by atoms with Crippen LogP contribution >= 0.6 is 11.6 Å². The van der Waals surface area contributed by atoms with E-state index in [-0.39, 0.29) is 0 Å². The predicted octanol–water partition coefficient (Wildman–Crippen LogP) is 2.02. The second kappa shape index (κ2) is 3.28. The van der Waals surface area contributed by atoms with Crippen molar-refractivity contribution in [2.45, 2.75) is 19.3 Å². The van der Waals surface area contributed by atoms with E-state index < -0.39 is 0 Å². The zero-order chi connectivity index (χ0) is 9.31. The third kappa shape index (κ3) is 2.01. The molecule has 0 bridgehead atoms. The zero-order valence-electron chi connectivity index (χ0n) is 7.46. The Morgan fingerprint density at radius 3 is 2.69 bits per heavy atom. The third-order valence-corrected chi connectivity index (χ3v) is 2.98. The highest BCUT2D eigenvalue weighted by atomic mass is 35.5. The molecule has 3 heteroatoms. The maximum absolute atomic E-state index is 5.70. The van der Waals surface area contributed by atoms with Crippen molar-refractivity contribution in [2.24, 2.45) is 11.1 Å². The Morgan fingerprint density at radius 1 is 1.46 bits per heavy atom. The summed E-state index contributed by atoms with van der Waals surface area (Å²) >= 11 is 5.70. The van der Waals surface area contributed by atoms with Crippen molar-refractivity contribution in [1.29, 1.82) is 0 Å². The van der Waals surface area contributed by atoms with Crippen LogP contribution in [-0.4, -0.2) is 11.5 Å². The minimum Gasteiger partial charge on any atom is -0.330 e. The van der Waals surface area contributed by atoms with Crippen molar-refractivity contribution in [3.63, 3.8) is 0 Å². The molecule has 1 aromatic rings. The first-order valence-electron chi connectivity index (χ1n) is 4.55. The Bertz CT molecular complexity index is 290. The van der Waals surface area contributed by atoms with Gasteiger partial charge in [0.1, 0.15) is 5.15 Å². The average Bonchev–Trinajstić information content (AvgIpc) is 2.90. The Kier molecular flexibility index (Phi) is 2.26. The molecule has 0 unspecified atom stereocenters. The van der Waals surface area contributed by atoms with E-state index in [0.29, 0.717) is 10.6 Å². The molecule has 13 heavy (non-hydrogen) atoms. The maximum Gasteiger partial charge on any atom is 0.129 e. The van der Waals surface area contributed by atoms with E-state index in [4.69, 9.17) is 17.3 Å². The van der Waals surface area contributed by atoms with Crippen molar-refractivity contribution in [2.75, 3.05) is 6.54 Å². The highest BCUT2D eigenvalue weighted by Crippen LogP contribution is 2.47. The van der Waals surface area contributed by atoms with Gasteiger partial charge in [0, 0.05) is 6.20 Å². The van der Waals surface area contributed by atoms with Crippen molar-refractivity contribution < 1.29 is 0 Å². The standard InChI is InChI=1S/C10H13ClN2/c11-9-2-1-8(6-13-9)5-10(7-12)3-4-10/h1-2,6H,3-5,7,12H2. The van der Waals surface area contributed by atoms with Gasteiger partial charge in [0.15, 0.2) is 0 Å². The number of hydrogen-bond acceptors (Lipinski definition) is 2. The molecule has 1 aliphatic rings. The number of rotatable bonds is 3. The number of nitrogens with zero attached hydrogens (tertiary/aromatic N) is 1. The molecule has 0 aliphatic heterocycles. The lowest BCUT2D eigenvalue weighted by molar-refractivity contribution is 0.520. The van der Waals surface area contributed by atoms with E-state index in [1.165, 1.54) is 18.4 Å². The van der Waals surface area contributed by atoms with Crippen LogP contribution in [0.2, 0.25) is 5.15 Å². The minimum absolute atomic E-state index is 0.384. The summed E-state index contributed by atoms with van der Waals surface area (Å²) in [5.41, 5.74) is 7.33. The summed E-state index contributed by atoms with van der Waals surface area (Å²) in [6.07, 6.45) is 5.41. The van der Waals surface area contributed by atoms with Crippen molar-refractivity contribution in [3.8, 4) is 0 Å². The Hall–Kier alpha value is -0.600.